The zero-order valence-electron chi connectivity index (χ0n) is 9.46. The summed E-state index contributed by atoms with van der Waals surface area (Å²) in [6.07, 6.45) is 10.8. The van der Waals surface area contributed by atoms with E-state index in [1.807, 2.05) is 6.92 Å². The van der Waals surface area contributed by atoms with Gasteiger partial charge in [0.05, 0.1) is 0 Å². The van der Waals surface area contributed by atoms with E-state index in [1.54, 1.807) is 0 Å². The van der Waals surface area contributed by atoms with E-state index in [2.05, 4.69) is 19.1 Å². The first kappa shape index (κ1) is 11.5. The second-order valence-electron chi connectivity index (χ2n) is 4.40. The van der Waals surface area contributed by atoms with Crippen molar-refractivity contribution in [2.24, 2.45) is 11.8 Å². The van der Waals surface area contributed by atoms with Crippen molar-refractivity contribution in [1.82, 2.24) is 0 Å². The molecular formula is C13H22O. The van der Waals surface area contributed by atoms with Gasteiger partial charge in [-0.2, -0.15) is 0 Å². The first-order valence-corrected chi connectivity index (χ1v) is 5.91. The van der Waals surface area contributed by atoms with Crippen LogP contribution in [0.25, 0.3) is 0 Å². The summed E-state index contributed by atoms with van der Waals surface area (Å²) in [7, 11) is 0. The van der Waals surface area contributed by atoms with Crippen molar-refractivity contribution in [2.45, 2.75) is 52.4 Å². The standard InChI is InChI=1S/C13H22O/c1-3-5-7-12-10-11(6-4-2)8-9-13(12)14/h3,5,11-12H,4,6-10H2,1-2H3/b5-3+. The molecule has 0 amide bonds. The van der Waals surface area contributed by atoms with E-state index in [9.17, 15) is 4.79 Å². The third-order valence-corrected chi connectivity index (χ3v) is 3.23. The summed E-state index contributed by atoms with van der Waals surface area (Å²) in [5.41, 5.74) is 0. The van der Waals surface area contributed by atoms with Crippen LogP contribution in [-0.2, 0) is 4.79 Å². The Kier molecular flexibility index (Phi) is 4.92. The molecule has 2 unspecified atom stereocenters. The Labute approximate surface area is 87.6 Å². The first-order valence-electron chi connectivity index (χ1n) is 5.91. The lowest BCUT2D eigenvalue weighted by atomic mass is 9.77. The van der Waals surface area contributed by atoms with E-state index in [0.717, 1.165) is 31.6 Å². The minimum absolute atomic E-state index is 0.330. The van der Waals surface area contributed by atoms with Gasteiger partial charge in [-0.3, -0.25) is 4.79 Å². The molecule has 0 saturated heterocycles. The maximum atomic E-state index is 11.6. The number of hydrogen-bond donors (Lipinski definition) is 0. The lowest BCUT2D eigenvalue weighted by Crippen LogP contribution is -2.24. The molecule has 0 bridgehead atoms. The average molecular weight is 194 g/mol. The molecule has 0 N–H and O–H groups in total. The molecule has 1 aliphatic carbocycles. The molecule has 80 valence electrons. The molecule has 0 aromatic heterocycles. The monoisotopic (exact) mass is 194 g/mol. The second-order valence-corrected chi connectivity index (χ2v) is 4.40. The van der Waals surface area contributed by atoms with E-state index in [4.69, 9.17) is 0 Å². The van der Waals surface area contributed by atoms with E-state index >= 15 is 0 Å². The summed E-state index contributed by atoms with van der Waals surface area (Å²) < 4.78 is 0. The summed E-state index contributed by atoms with van der Waals surface area (Å²) in [6.45, 7) is 4.26. The van der Waals surface area contributed by atoms with Crippen molar-refractivity contribution in [3.63, 3.8) is 0 Å². The highest BCUT2D eigenvalue weighted by Crippen LogP contribution is 2.31. The number of carbonyl (C=O) groups is 1. The van der Waals surface area contributed by atoms with E-state index in [-0.39, 0.29) is 0 Å². The van der Waals surface area contributed by atoms with Gasteiger partial charge in [0.1, 0.15) is 5.78 Å². The van der Waals surface area contributed by atoms with Gasteiger partial charge in [-0.25, -0.2) is 0 Å². The molecule has 1 fully saturated rings. The van der Waals surface area contributed by atoms with Gasteiger partial charge < -0.3 is 0 Å². The highest BCUT2D eigenvalue weighted by atomic mass is 16.1. The molecule has 0 aliphatic heterocycles. The fraction of sp³-hybridized carbons (Fsp3) is 0.769. The number of rotatable bonds is 4. The van der Waals surface area contributed by atoms with Crippen molar-refractivity contribution in [3.8, 4) is 0 Å². The second kappa shape index (κ2) is 6.00. The Morgan fingerprint density at radius 1 is 1.50 bits per heavy atom. The molecule has 0 aromatic rings. The Balaban J connectivity index is 2.42. The zero-order valence-corrected chi connectivity index (χ0v) is 9.46. The van der Waals surface area contributed by atoms with Crippen LogP contribution in [0.1, 0.15) is 52.4 Å². The molecule has 0 aromatic carbocycles. The number of hydrogen-bond acceptors (Lipinski definition) is 1. The molecule has 1 saturated carbocycles. The van der Waals surface area contributed by atoms with Gasteiger partial charge >= 0.3 is 0 Å². The van der Waals surface area contributed by atoms with Gasteiger partial charge in [0.15, 0.2) is 0 Å². The van der Waals surface area contributed by atoms with Crippen LogP contribution in [0.5, 0.6) is 0 Å². The molecule has 1 aliphatic rings. The number of ketones is 1. The molecule has 0 radical (unpaired) electrons. The normalized spacial score (nSPS) is 28.6. The Hall–Kier alpha value is -0.590. The number of Topliss-reactive ketones (excluding diaryl/α,β-unsaturated/α-hetero) is 1. The summed E-state index contributed by atoms with van der Waals surface area (Å²) in [5.74, 6) is 1.64. The summed E-state index contributed by atoms with van der Waals surface area (Å²) in [4.78, 5) is 11.6. The predicted octanol–water partition coefficient (Wildman–Crippen LogP) is 3.74. The zero-order chi connectivity index (χ0) is 10.4. The summed E-state index contributed by atoms with van der Waals surface area (Å²) >= 11 is 0. The van der Waals surface area contributed by atoms with Gasteiger partial charge in [0, 0.05) is 12.3 Å². The minimum atomic E-state index is 0.330. The Morgan fingerprint density at radius 3 is 2.93 bits per heavy atom. The van der Waals surface area contributed by atoms with Crippen LogP contribution in [0.4, 0.5) is 0 Å². The predicted molar refractivity (Wildman–Crippen MR) is 60.2 cm³/mol. The fourth-order valence-corrected chi connectivity index (χ4v) is 2.40. The molecule has 1 nitrogen and oxygen atoms in total. The van der Waals surface area contributed by atoms with Crippen molar-refractivity contribution in [3.05, 3.63) is 12.2 Å². The van der Waals surface area contributed by atoms with E-state index in [0.29, 0.717) is 11.7 Å². The molecule has 14 heavy (non-hydrogen) atoms. The maximum absolute atomic E-state index is 11.6. The highest BCUT2D eigenvalue weighted by molar-refractivity contribution is 5.81. The van der Waals surface area contributed by atoms with Crippen molar-refractivity contribution in [2.75, 3.05) is 0 Å². The smallest absolute Gasteiger partial charge is 0.136 e. The van der Waals surface area contributed by atoms with Crippen LogP contribution in [0, 0.1) is 11.8 Å². The van der Waals surface area contributed by atoms with E-state index < -0.39 is 0 Å². The molecule has 0 heterocycles. The van der Waals surface area contributed by atoms with Crippen molar-refractivity contribution >= 4 is 5.78 Å². The first-order chi connectivity index (χ1) is 6.77. The Morgan fingerprint density at radius 2 is 2.29 bits per heavy atom. The van der Waals surface area contributed by atoms with Gasteiger partial charge in [0.2, 0.25) is 0 Å². The SMILES string of the molecule is C/C=C/CC1CC(CCC)CCC1=O. The van der Waals surface area contributed by atoms with E-state index in [1.165, 1.54) is 12.8 Å². The number of carbonyl (C=O) groups excluding carboxylic acids is 1. The third-order valence-electron chi connectivity index (χ3n) is 3.23. The van der Waals surface area contributed by atoms with Gasteiger partial charge in [0.25, 0.3) is 0 Å². The summed E-state index contributed by atoms with van der Waals surface area (Å²) in [5, 5.41) is 0. The lowest BCUT2D eigenvalue weighted by molar-refractivity contribution is -0.125. The van der Waals surface area contributed by atoms with Crippen molar-refractivity contribution < 1.29 is 4.79 Å². The largest absolute Gasteiger partial charge is 0.299 e. The van der Waals surface area contributed by atoms with Crippen molar-refractivity contribution in [1.29, 1.82) is 0 Å². The lowest BCUT2D eigenvalue weighted by Gasteiger charge is -2.27. The van der Waals surface area contributed by atoms with Crippen LogP contribution in [0.15, 0.2) is 12.2 Å². The fourth-order valence-electron chi connectivity index (χ4n) is 2.40. The highest BCUT2D eigenvalue weighted by Gasteiger charge is 2.26. The average Bonchev–Trinajstić information content (AvgIpc) is 2.19. The van der Waals surface area contributed by atoms with Crippen LogP contribution in [-0.4, -0.2) is 5.78 Å². The van der Waals surface area contributed by atoms with Gasteiger partial charge in [-0.05, 0) is 32.1 Å². The maximum Gasteiger partial charge on any atom is 0.136 e. The van der Waals surface area contributed by atoms with Crippen LogP contribution >= 0.6 is 0 Å². The van der Waals surface area contributed by atoms with Crippen LogP contribution in [0.2, 0.25) is 0 Å². The quantitative estimate of drug-likeness (QED) is 0.623. The topological polar surface area (TPSA) is 17.1 Å². The van der Waals surface area contributed by atoms with Gasteiger partial charge in [-0.1, -0.05) is 31.9 Å². The minimum Gasteiger partial charge on any atom is -0.299 e. The van der Waals surface area contributed by atoms with Gasteiger partial charge in [-0.15, -0.1) is 0 Å². The number of allylic oxidation sites excluding steroid dienone is 2. The third kappa shape index (κ3) is 3.28. The van der Waals surface area contributed by atoms with Crippen LogP contribution in [0.3, 0.4) is 0 Å². The molecular weight excluding hydrogens is 172 g/mol. The Bertz CT molecular complexity index is 205. The molecule has 1 rings (SSSR count). The van der Waals surface area contributed by atoms with Crippen LogP contribution < -0.4 is 0 Å². The molecule has 0 spiro atoms. The molecule has 2 atom stereocenters. The summed E-state index contributed by atoms with van der Waals surface area (Å²) in [6, 6.07) is 0. The molecule has 1 heteroatoms.